The molecule has 0 aromatic heterocycles. The number of nitrogens with zero attached hydrogens (tertiary/aromatic N) is 2. The van der Waals surface area contributed by atoms with Crippen molar-refractivity contribution in [2.45, 2.75) is 151 Å². The first-order valence-electron chi connectivity index (χ1n) is 13.5. The van der Waals surface area contributed by atoms with Crippen LogP contribution < -0.4 is 0 Å². The molecule has 0 aliphatic carbocycles. The van der Waals surface area contributed by atoms with Gasteiger partial charge in [0.25, 0.3) is 0 Å². The molecule has 5 fully saturated rings. The molecule has 5 rings (SSSR count). The molecule has 0 radical (unpaired) electrons. The zero-order valence-electron chi connectivity index (χ0n) is 24.0. The maximum Gasteiger partial charge on any atom is 0.167 e. The van der Waals surface area contributed by atoms with Crippen molar-refractivity contribution in [2.24, 2.45) is 0 Å². The molecule has 36 heavy (non-hydrogen) atoms. The molecule has 8 nitrogen and oxygen atoms in total. The van der Waals surface area contributed by atoms with E-state index in [4.69, 9.17) is 19.1 Å². The Balaban J connectivity index is 1.74. The van der Waals surface area contributed by atoms with Crippen LogP contribution >= 0.6 is 0 Å². The highest BCUT2D eigenvalue weighted by Crippen LogP contribution is 2.60. The second-order valence-corrected chi connectivity index (χ2v) is 14.9. The molecule has 5 saturated heterocycles. The smallest absolute Gasteiger partial charge is 0.167 e. The number of rotatable bonds is 2. The van der Waals surface area contributed by atoms with Crippen LogP contribution in [0, 0.1) is 0 Å². The predicted octanol–water partition coefficient (Wildman–Crippen LogP) is 4.14. The number of ketones is 2. The van der Waals surface area contributed by atoms with E-state index in [1.54, 1.807) is 14.2 Å². The minimum Gasteiger partial charge on any atom is -0.360 e. The van der Waals surface area contributed by atoms with Crippen LogP contribution in [-0.2, 0) is 28.7 Å². The maximum atomic E-state index is 13.9. The van der Waals surface area contributed by atoms with E-state index in [-0.39, 0.29) is 11.6 Å². The van der Waals surface area contributed by atoms with E-state index in [2.05, 4.69) is 51.7 Å². The molecule has 6 atom stereocenters. The summed E-state index contributed by atoms with van der Waals surface area (Å²) in [7, 11) is 3.42. The van der Waals surface area contributed by atoms with Crippen molar-refractivity contribution < 1.29 is 28.7 Å². The number of ether oxygens (including phenoxy) is 2. The first-order valence-corrected chi connectivity index (χ1v) is 13.5. The summed E-state index contributed by atoms with van der Waals surface area (Å²) in [6, 6.07) is 0. The van der Waals surface area contributed by atoms with Gasteiger partial charge in [0.2, 0.25) is 0 Å². The molecule has 5 aliphatic heterocycles. The van der Waals surface area contributed by atoms with Crippen molar-refractivity contribution in [2.75, 3.05) is 14.2 Å². The van der Waals surface area contributed by atoms with Gasteiger partial charge in [0.05, 0.1) is 25.4 Å². The zero-order valence-corrected chi connectivity index (χ0v) is 24.0. The highest BCUT2D eigenvalue weighted by atomic mass is 16.7. The number of Topliss-reactive ketones (excluding diaryl/α,β-unsaturated/α-hetero) is 2. The van der Waals surface area contributed by atoms with Gasteiger partial charge in [-0.25, -0.2) is 0 Å². The number of carbonyl (C=O) groups is 2. The first-order chi connectivity index (χ1) is 16.3. The Hall–Kier alpha value is -0.900. The predicted molar refractivity (Wildman–Crippen MR) is 134 cm³/mol. The van der Waals surface area contributed by atoms with E-state index in [0.717, 1.165) is 0 Å². The Kier molecular flexibility index (Phi) is 5.48. The Labute approximate surface area is 216 Å². The summed E-state index contributed by atoms with van der Waals surface area (Å²) < 4.78 is 13.8. The van der Waals surface area contributed by atoms with Gasteiger partial charge in [-0.05, 0) is 61.8 Å². The lowest BCUT2D eigenvalue weighted by Crippen LogP contribution is -2.73. The van der Waals surface area contributed by atoms with Gasteiger partial charge in [0.1, 0.15) is 11.2 Å². The Morgan fingerprint density at radius 2 is 0.944 bits per heavy atom. The lowest BCUT2D eigenvalue weighted by Gasteiger charge is -2.63. The van der Waals surface area contributed by atoms with Crippen LogP contribution in [0.15, 0.2) is 0 Å². The summed E-state index contributed by atoms with van der Waals surface area (Å²) in [5.41, 5.74) is -5.21. The van der Waals surface area contributed by atoms with Crippen LogP contribution in [0.1, 0.15) is 107 Å². The topological polar surface area (TPSA) is 77.5 Å². The molecule has 5 aliphatic rings. The van der Waals surface area contributed by atoms with E-state index in [0.29, 0.717) is 51.4 Å². The molecule has 5 heterocycles. The van der Waals surface area contributed by atoms with Gasteiger partial charge in [0, 0.05) is 67.1 Å². The molecule has 8 heteroatoms. The van der Waals surface area contributed by atoms with Gasteiger partial charge in [-0.3, -0.25) is 9.59 Å². The summed E-state index contributed by atoms with van der Waals surface area (Å²) in [5.74, 6) is 0.304. The SMILES string of the molecule is CON1C(C)(C)CC23CC1(C)CC1(C)CC4(CC(C)(C)N1OC)OC(C)(CC4=O)CC(C)(CC2=O)O3. The third-order valence-corrected chi connectivity index (χ3v) is 9.69. The molecule has 2 spiro atoms. The minimum absolute atomic E-state index is 0.152. The molecule has 6 unspecified atom stereocenters. The third-order valence-electron chi connectivity index (χ3n) is 9.69. The largest absolute Gasteiger partial charge is 0.360 e. The van der Waals surface area contributed by atoms with Crippen LogP contribution in [0.4, 0.5) is 0 Å². The van der Waals surface area contributed by atoms with Crippen molar-refractivity contribution in [3.63, 3.8) is 0 Å². The maximum absolute atomic E-state index is 13.9. The van der Waals surface area contributed by atoms with Crippen LogP contribution in [0.5, 0.6) is 0 Å². The highest BCUT2D eigenvalue weighted by molar-refractivity contribution is 5.92. The fourth-order valence-electron chi connectivity index (χ4n) is 10.2. The number of fused-ring (bicyclic) bond motifs is 4. The molecule has 0 aromatic rings. The number of carbonyl (C=O) groups excluding carboxylic acids is 2. The Morgan fingerprint density at radius 3 is 1.28 bits per heavy atom. The van der Waals surface area contributed by atoms with Crippen molar-refractivity contribution in [1.29, 1.82) is 0 Å². The number of piperidine rings is 2. The fourth-order valence-corrected chi connectivity index (χ4v) is 10.2. The van der Waals surface area contributed by atoms with Crippen molar-refractivity contribution in [3.8, 4) is 0 Å². The van der Waals surface area contributed by atoms with Crippen molar-refractivity contribution >= 4 is 11.6 Å². The monoisotopic (exact) mass is 506 g/mol. The highest BCUT2D eigenvalue weighted by Gasteiger charge is 2.70. The lowest BCUT2D eigenvalue weighted by atomic mass is 9.62. The standard InChI is InChI=1S/C28H46N2O6/c1-21(2)13-27-16-23(5,29(21)33-9)15-24(6)17-28(14-22(3,4)30(24)34-10)20(32)12-26(8,36-28)18-25(7,35-27)11-19(27)31/h11-18H2,1-10H3. The molecule has 0 amide bonds. The van der Waals surface area contributed by atoms with Crippen molar-refractivity contribution in [1.82, 2.24) is 10.1 Å². The molecule has 0 saturated carbocycles. The van der Waals surface area contributed by atoms with Crippen LogP contribution in [0.3, 0.4) is 0 Å². The van der Waals surface area contributed by atoms with Gasteiger partial charge in [0.15, 0.2) is 11.6 Å². The Morgan fingerprint density at radius 1 is 0.583 bits per heavy atom. The fraction of sp³-hybridized carbons (Fsp3) is 0.929. The van der Waals surface area contributed by atoms with Gasteiger partial charge in [-0.15, -0.1) is 0 Å². The van der Waals surface area contributed by atoms with E-state index in [1.165, 1.54) is 0 Å². The normalized spacial score (nSPS) is 50.6. The van der Waals surface area contributed by atoms with Gasteiger partial charge in [-0.1, -0.05) is 0 Å². The lowest BCUT2D eigenvalue weighted by molar-refractivity contribution is -0.338. The molecule has 0 N–H and O–H groups in total. The van der Waals surface area contributed by atoms with Crippen LogP contribution in [0.25, 0.3) is 0 Å². The number of hydrogen-bond acceptors (Lipinski definition) is 8. The second-order valence-electron chi connectivity index (χ2n) is 14.9. The molecule has 0 aromatic carbocycles. The van der Waals surface area contributed by atoms with Gasteiger partial charge in [-0.2, -0.15) is 10.1 Å². The first kappa shape index (κ1) is 26.7. The van der Waals surface area contributed by atoms with Crippen LogP contribution in [0.2, 0.25) is 0 Å². The Bertz CT molecular complexity index is 923. The van der Waals surface area contributed by atoms with Crippen molar-refractivity contribution in [3.05, 3.63) is 0 Å². The average molecular weight is 507 g/mol. The third kappa shape index (κ3) is 3.62. The van der Waals surface area contributed by atoms with Gasteiger partial charge >= 0.3 is 0 Å². The zero-order chi connectivity index (χ0) is 26.8. The molecule has 6 bridgehead atoms. The molecular formula is C28H46N2O6. The van der Waals surface area contributed by atoms with E-state index in [1.807, 2.05) is 13.8 Å². The number of hydroxylamine groups is 4. The average Bonchev–Trinajstić information content (AvgIpc) is 2.98. The summed E-state index contributed by atoms with van der Waals surface area (Å²) in [4.78, 5) is 40.0. The van der Waals surface area contributed by atoms with E-state index >= 15 is 0 Å². The quantitative estimate of drug-likeness (QED) is 0.553. The minimum atomic E-state index is -0.907. The van der Waals surface area contributed by atoms with E-state index in [9.17, 15) is 9.59 Å². The molecular weight excluding hydrogens is 460 g/mol. The van der Waals surface area contributed by atoms with E-state index < -0.39 is 44.6 Å². The summed E-state index contributed by atoms with van der Waals surface area (Å²) in [6.07, 6.45) is 3.94. The summed E-state index contributed by atoms with van der Waals surface area (Å²) >= 11 is 0. The number of hydrogen-bond donors (Lipinski definition) is 0. The molecule has 204 valence electrons. The van der Waals surface area contributed by atoms with Gasteiger partial charge < -0.3 is 19.1 Å². The summed E-state index contributed by atoms with van der Waals surface area (Å²) in [6.45, 7) is 16.9. The second kappa shape index (κ2) is 7.39. The van der Waals surface area contributed by atoms with Crippen LogP contribution in [-0.4, -0.2) is 80.5 Å². The summed E-state index contributed by atoms with van der Waals surface area (Å²) in [5, 5.41) is 4.14.